The highest BCUT2D eigenvalue weighted by Crippen LogP contribution is 2.16. The van der Waals surface area contributed by atoms with Crippen LogP contribution >= 0.6 is 0 Å². The van der Waals surface area contributed by atoms with Gasteiger partial charge in [-0.05, 0) is 89.5 Å². The molecule has 0 bridgehead atoms. The summed E-state index contributed by atoms with van der Waals surface area (Å²) in [6.45, 7) is 4.10. The second-order valence-corrected chi connectivity index (χ2v) is 14.2. The van der Waals surface area contributed by atoms with Gasteiger partial charge in [0.2, 0.25) is 5.91 Å². The van der Waals surface area contributed by atoms with Crippen molar-refractivity contribution in [1.82, 2.24) is 5.32 Å². The van der Waals surface area contributed by atoms with E-state index in [4.69, 9.17) is 9.84 Å². The molecule has 0 heterocycles. The predicted octanol–water partition coefficient (Wildman–Crippen LogP) is 13.4. The first-order valence-electron chi connectivity index (χ1n) is 21.6. The summed E-state index contributed by atoms with van der Waals surface area (Å²) in [7, 11) is 0. The molecular weight excluding hydrogens is 659 g/mol. The number of carboxylic acids is 1. The molecule has 0 aromatic heterocycles. The molecule has 0 aromatic carbocycles. The van der Waals surface area contributed by atoms with Gasteiger partial charge < -0.3 is 15.2 Å². The van der Waals surface area contributed by atoms with Crippen LogP contribution in [0.4, 0.5) is 0 Å². The van der Waals surface area contributed by atoms with E-state index in [0.717, 1.165) is 109 Å². The number of carbonyl (C=O) groups excluding carboxylic acids is 2. The number of allylic oxidation sites excluding steroid dienone is 11. The predicted molar refractivity (Wildman–Crippen MR) is 226 cm³/mol. The van der Waals surface area contributed by atoms with Crippen molar-refractivity contribution in [3.8, 4) is 0 Å². The largest absolute Gasteiger partial charge is 0.480 e. The summed E-state index contributed by atoms with van der Waals surface area (Å²) in [6.07, 6.45) is 56.1. The van der Waals surface area contributed by atoms with E-state index in [0.29, 0.717) is 12.8 Å². The molecule has 1 amide bonds. The average molecular weight is 738 g/mol. The van der Waals surface area contributed by atoms with Crippen LogP contribution in [0.2, 0.25) is 0 Å². The van der Waals surface area contributed by atoms with E-state index in [9.17, 15) is 14.4 Å². The number of esters is 1. The fraction of sp³-hybridized carbons (Fsp3) is 0.681. The summed E-state index contributed by atoms with van der Waals surface area (Å²) >= 11 is 0. The molecule has 2 N–H and O–H groups in total. The molecule has 0 aliphatic carbocycles. The number of hydrogen-bond acceptors (Lipinski definition) is 4. The third-order valence-electron chi connectivity index (χ3n) is 9.10. The SMILES string of the molecule is CC/C=C\C/C=C\C/C=C\C/C=C\C/C=C\CCCCCCCC(=O)OC(/C=C\CCCCCCCCC)CCCCCCCCC(=O)NCC(=O)O. The van der Waals surface area contributed by atoms with E-state index in [-0.39, 0.29) is 24.5 Å². The normalized spacial score (nSPS) is 12.8. The van der Waals surface area contributed by atoms with Crippen LogP contribution in [0.1, 0.15) is 194 Å². The molecule has 0 aliphatic heterocycles. The molecule has 0 aliphatic rings. The summed E-state index contributed by atoms with van der Waals surface area (Å²) in [5.41, 5.74) is 0. The van der Waals surface area contributed by atoms with Crippen molar-refractivity contribution >= 4 is 17.8 Å². The minimum Gasteiger partial charge on any atom is -0.480 e. The maximum atomic E-state index is 12.7. The van der Waals surface area contributed by atoms with E-state index in [2.05, 4.69) is 92.1 Å². The molecule has 6 nitrogen and oxygen atoms in total. The van der Waals surface area contributed by atoms with Crippen molar-refractivity contribution in [2.75, 3.05) is 6.54 Å². The third-order valence-corrected chi connectivity index (χ3v) is 9.10. The molecule has 0 saturated carbocycles. The second kappa shape index (κ2) is 41.6. The van der Waals surface area contributed by atoms with Crippen LogP contribution in [0.25, 0.3) is 0 Å². The molecule has 1 atom stereocenters. The molecule has 0 aromatic rings. The van der Waals surface area contributed by atoms with E-state index in [1.165, 1.54) is 57.8 Å². The Hall–Kier alpha value is -3.15. The lowest BCUT2D eigenvalue weighted by Gasteiger charge is -2.15. The van der Waals surface area contributed by atoms with Crippen LogP contribution in [0, 0.1) is 0 Å². The van der Waals surface area contributed by atoms with Gasteiger partial charge in [0.1, 0.15) is 12.6 Å². The third kappa shape index (κ3) is 41.5. The van der Waals surface area contributed by atoms with Crippen LogP contribution in [-0.2, 0) is 19.1 Å². The number of rotatable bonds is 38. The van der Waals surface area contributed by atoms with Gasteiger partial charge in [0, 0.05) is 12.8 Å². The first kappa shape index (κ1) is 49.9. The number of aliphatic carboxylic acids is 1. The molecule has 6 heteroatoms. The van der Waals surface area contributed by atoms with Crippen molar-refractivity contribution in [2.24, 2.45) is 0 Å². The van der Waals surface area contributed by atoms with Gasteiger partial charge in [0.25, 0.3) is 0 Å². The number of amides is 1. The number of hydrogen-bond donors (Lipinski definition) is 2. The van der Waals surface area contributed by atoms with E-state index < -0.39 is 5.97 Å². The lowest BCUT2D eigenvalue weighted by Crippen LogP contribution is -2.28. The van der Waals surface area contributed by atoms with Gasteiger partial charge in [0.05, 0.1) is 0 Å². The molecule has 0 rings (SSSR count). The van der Waals surface area contributed by atoms with Crippen molar-refractivity contribution in [3.05, 3.63) is 72.9 Å². The Balaban J connectivity index is 4.17. The van der Waals surface area contributed by atoms with Crippen LogP contribution in [0.5, 0.6) is 0 Å². The summed E-state index contributed by atoms with van der Waals surface area (Å²) in [5.74, 6) is -1.29. The Morgan fingerprint density at radius 3 is 1.53 bits per heavy atom. The minimum atomic E-state index is -1.02. The molecule has 1 unspecified atom stereocenters. The number of unbranched alkanes of at least 4 members (excludes halogenated alkanes) is 17. The van der Waals surface area contributed by atoms with Gasteiger partial charge in [-0.2, -0.15) is 0 Å². The van der Waals surface area contributed by atoms with Gasteiger partial charge in [-0.1, -0.05) is 164 Å². The highest BCUT2D eigenvalue weighted by Gasteiger charge is 2.11. The molecule has 302 valence electrons. The monoisotopic (exact) mass is 738 g/mol. The van der Waals surface area contributed by atoms with Gasteiger partial charge in [0.15, 0.2) is 0 Å². The quantitative estimate of drug-likeness (QED) is 0.0374. The van der Waals surface area contributed by atoms with Crippen molar-refractivity contribution in [3.63, 3.8) is 0 Å². The lowest BCUT2D eigenvalue weighted by molar-refractivity contribution is -0.147. The van der Waals surface area contributed by atoms with Crippen molar-refractivity contribution < 1.29 is 24.2 Å². The highest BCUT2D eigenvalue weighted by molar-refractivity contribution is 5.80. The van der Waals surface area contributed by atoms with E-state index in [1.807, 2.05) is 0 Å². The molecular formula is C47H79NO5. The average Bonchev–Trinajstić information content (AvgIpc) is 3.14. The number of nitrogens with one attached hydrogen (secondary N) is 1. The number of ether oxygens (including phenoxy) is 1. The van der Waals surface area contributed by atoms with Gasteiger partial charge in [-0.15, -0.1) is 0 Å². The van der Waals surface area contributed by atoms with Crippen LogP contribution in [0.3, 0.4) is 0 Å². The molecule has 0 fully saturated rings. The maximum Gasteiger partial charge on any atom is 0.322 e. The second-order valence-electron chi connectivity index (χ2n) is 14.2. The molecule has 0 saturated heterocycles. The van der Waals surface area contributed by atoms with Crippen LogP contribution in [-0.4, -0.2) is 35.6 Å². The Labute approximate surface area is 325 Å². The van der Waals surface area contributed by atoms with Crippen LogP contribution < -0.4 is 5.32 Å². The zero-order valence-corrected chi connectivity index (χ0v) is 34.1. The minimum absolute atomic E-state index is 0.0736. The summed E-state index contributed by atoms with van der Waals surface area (Å²) in [4.78, 5) is 34.9. The fourth-order valence-electron chi connectivity index (χ4n) is 5.92. The fourth-order valence-corrected chi connectivity index (χ4v) is 5.92. The summed E-state index contributed by atoms with van der Waals surface area (Å²) in [6, 6.07) is 0. The smallest absolute Gasteiger partial charge is 0.322 e. The van der Waals surface area contributed by atoms with Crippen molar-refractivity contribution in [2.45, 2.75) is 200 Å². The number of carbonyl (C=O) groups is 3. The highest BCUT2D eigenvalue weighted by atomic mass is 16.5. The van der Waals surface area contributed by atoms with Gasteiger partial charge >= 0.3 is 11.9 Å². The first-order chi connectivity index (χ1) is 26.0. The van der Waals surface area contributed by atoms with Gasteiger partial charge in [-0.25, -0.2) is 0 Å². The Morgan fingerprint density at radius 2 is 0.981 bits per heavy atom. The Morgan fingerprint density at radius 1 is 0.528 bits per heavy atom. The van der Waals surface area contributed by atoms with Gasteiger partial charge in [-0.3, -0.25) is 14.4 Å². The summed E-state index contributed by atoms with van der Waals surface area (Å²) in [5, 5.41) is 11.1. The Kier molecular flexibility index (Phi) is 39.1. The summed E-state index contributed by atoms with van der Waals surface area (Å²) < 4.78 is 5.94. The van der Waals surface area contributed by atoms with E-state index in [1.54, 1.807) is 0 Å². The standard InChI is InChI=1S/C47H79NO5/c1-3-5-7-9-11-13-14-15-16-17-18-19-20-21-22-23-24-26-28-34-38-42-47(52)53-44(39-35-31-27-25-12-10-8-6-4-2)40-36-32-29-30-33-37-41-45(49)48-43-46(50)51/h5,7,11,13,15-16,18-19,21-22,35,39,44H,3-4,6,8-10,12,14,17,20,23-34,36-38,40-43H2,1-2H3,(H,48,49)(H,50,51)/b7-5-,13-11-,16-15-,19-18-,22-21-,39-35-. The maximum absolute atomic E-state index is 12.7. The molecule has 0 spiro atoms. The molecule has 0 radical (unpaired) electrons. The zero-order valence-electron chi connectivity index (χ0n) is 34.1. The topological polar surface area (TPSA) is 92.7 Å². The Bertz CT molecular complexity index is 1040. The van der Waals surface area contributed by atoms with E-state index >= 15 is 0 Å². The molecule has 53 heavy (non-hydrogen) atoms. The first-order valence-corrected chi connectivity index (χ1v) is 21.6. The number of carboxylic acid groups (broad SMARTS) is 1. The van der Waals surface area contributed by atoms with Crippen LogP contribution in [0.15, 0.2) is 72.9 Å². The van der Waals surface area contributed by atoms with Crippen molar-refractivity contribution in [1.29, 1.82) is 0 Å². The zero-order chi connectivity index (χ0) is 38.7. The lowest BCUT2D eigenvalue weighted by atomic mass is 10.0.